The smallest absolute Gasteiger partial charge is 0.337 e. The van der Waals surface area contributed by atoms with E-state index in [1.54, 1.807) is 24.3 Å². The number of halogens is 1. The maximum atomic E-state index is 11.5. The highest BCUT2D eigenvalue weighted by atomic mass is 35.5. The van der Waals surface area contributed by atoms with E-state index in [4.69, 9.17) is 22.1 Å². The van der Waals surface area contributed by atoms with Gasteiger partial charge in [-0.15, -0.1) is 0 Å². The van der Waals surface area contributed by atoms with Crippen LogP contribution >= 0.6 is 11.6 Å². The van der Waals surface area contributed by atoms with E-state index in [-0.39, 0.29) is 6.61 Å². The van der Waals surface area contributed by atoms with Crippen LogP contribution in [-0.2, 0) is 11.3 Å². The highest BCUT2D eigenvalue weighted by Crippen LogP contribution is 2.25. The van der Waals surface area contributed by atoms with Crippen LogP contribution in [0.25, 0.3) is 0 Å². The van der Waals surface area contributed by atoms with Gasteiger partial charge < -0.3 is 15.2 Å². The third-order valence-corrected chi connectivity index (χ3v) is 3.14. The average molecular weight is 292 g/mol. The number of hydrogen-bond acceptors (Lipinski definition) is 4. The van der Waals surface area contributed by atoms with E-state index in [0.717, 1.165) is 5.56 Å². The van der Waals surface area contributed by atoms with Crippen LogP contribution in [0.5, 0.6) is 5.75 Å². The van der Waals surface area contributed by atoms with E-state index >= 15 is 0 Å². The summed E-state index contributed by atoms with van der Waals surface area (Å²) < 4.78 is 10.3. The number of nitrogens with two attached hydrogens (primary N) is 1. The van der Waals surface area contributed by atoms with Crippen molar-refractivity contribution in [1.82, 2.24) is 0 Å². The summed E-state index contributed by atoms with van der Waals surface area (Å²) in [5, 5.41) is 0.621. The lowest BCUT2D eigenvalue weighted by Crippen LogP contribution is -2.04. The minimum atomic E-state index is -0.437. The monoisotopic (exact) mass is 291 g/mol. The van der Waals surface area contributed by atoms with Gasteiger partial charge in [-0.05, 0) is 24.3 Å². The van der Waals surface area contributed by atoms with Crippen molar-refractivity contribution in [2.45, 2.75) is 6.61 Å². The number of benzene rings is 2. The third-order valence-electron chi connectivity index (χ3n) is 2.78. The lowest BCUT2D eigenvalue weighted by atomic mass is 10.2. The maximum Gasteiger partial charge on any atom is 0.337 e. The van der Waals surface area contributed by atoms with Crippen molar-refractivity contribution < 1.29 is 14.3 Å². The van der Waals surface area contributed by atoms with Crippen molar-refractivity contribution in [1.29, 1.82) is 0 Å². The van der Waals surface area contributed by atoms with Crippen molar-refractivity contribution in [2.75, 3.05) is 12.8 Å². The fourth-order valence-electron chi connectivity index (χ4n) is 1.68. The Morgan fingerprint density at radius 2 is 2.00 bits per heavy atom. The first-order valence-electron chi connectivity index (χ1n) is 5.96. The Morgan fingerprint density at radius 1 is 1.25 bits per heavy atom. The molecule has 2 aromatic rings. The second-order valence-corrected chi connectivity index (χ2v) is 4.53. The summed E-state index contributed by atoms with van der Waals surface area (Å²) in [5.41, 5.74) is 7.50. The summed E-state index contributed by atoms with van der Waals surface area (Å²) in [6, 6.07) is 12.1. The standard InChI is InChI=1S/C15H14ClNO3/c1-19-15(18)10-6-7-13(17)14(8-10)20-9-11-4-2-3-5-12(11)16/h2-8H,9,17H2,1H3. The van der Waals surface area contributed by atoms with Crippen molar-refractivity contribution in [3.63, 3.8) is 0 Å². The number of carbonyl (C=O) groups excluding carboxylic acids is 1. The number of anilines is 1. The summed E-state index contributed by atoms with van der Waals surface area (Å²) >= 11 is 6.05. The molecule has 0 aliphatic rings. The first-order chi connectivity index (χ1) is 9.61. The molecule has 0 atom stereocenters. The van der Waals surface area contributed by atoms with Gasteiger partial charge in [0.2, 0.25) is 0 Å². The highest BCUT2D eigenvalue weighted by molar-refractivity contribution is 6.31. The zero-order valence-corrected chi connectivity index (χ0v) is 11.7. The SMILES string of the molecule is COC(=O)c1ccc(N)c(OCc2ccccc2Cl)c1. The van der Waals surface area contributed by atoms with Gasteiger partial charge in [0.25, 0.3) is 0 Å². The van der Waals surface area contributed by atoms with Gasteiger partial charge in [0.15, 0.2) is 0 Å². The number of rotatable bonds is 4. The Labute approximate surface area is 122 Å². The summed E-state index contributed by atoms with van der Waals surface area (Å²) in [7, 11) is 1.32. The van der Waals surface area contributed by atoms with Crippen LogP contribution in [0.4, 0.5) is 5.69 Å². The van der Waals surface area contributed by atoms with Crippen LogP contribution in [-0.4, -0.2) is 13.1 Å². The molecule has 0 saturated carbocycles. The zero-order chi connectivity index (χ0) is 14.5. The Balaban J connectivity index is 2.17. The number of nitrogen functional groups attached to an aromatic ring is 1. The topological polar surface area (TPSA) is 61.5 Å². The van der Waals surface area contributed by atoms with Crippen LogP contribution in [0.1, 0.15) is 15.9 Å². The van der Waals surface area contributed by atoms with Gasteiger partial charge in [-0.2, -0.15) is 0 Å². The predicted molar refractivity (Wildman–Crippen MR) is 78.0 cm³/mol. The normalized spacial score (nSPS) is 10.1. The first-order valence-corrected chi connectivity index (χ1v) is 6.33. The van der Waals surface area contributed by atoms with Gasteiger partial charge in [-0.3, -0.25) is 0 Å². The van der Waals surface area contributed by atoms with Crippen molar-refractivity contribution >= 4 is 23.3 Å². The summed E-state index contributed by atoms with van der Waals surface area (Å²) in [6.07, 6.45) is 0. The molecule has 0 saturated heterocycles. The van der Waals surface area contributed by atoms with Crippen LogP contribution in [0, 0.1) is 0 Å². The maximum absolute atomic E-state index is 11.5. The molecule has 0 unspecified atom stereocenters. The van der Waals surface area contributed by atoms with Crippen LogP contribution in [0.3, 0.4) is 0 Å². The molecule has 20 heavy (non-hydrogen) atoms. The molecule has 0 heterocycles. The molecular weight excluding hydrogens is 278 g/mol. The molecule has 2 N–H and O–H groups in total. The number of carbonyl (C=O) groups is 1. The molecular formula is C15H14ClNO3. The zero-order valence-electron chi connectivity index (χ0n) is 10.9. The second kappa shape index (κ2) is 6.30. The van der Waals surface area contributed by atoms with Crippen molar-refractivity contribution in [3.8, 4) is 5.75 Å². The number of methoxy groups -OCH3 is 1. The van der Waals surface area contributed by atoms with E-state index in [0.29, 0.717) is 22.0 Å². The lowest BCUT2D eigenvalue weighted by Gasteiger charge is -2.11. The number of esters is 1. The number of ether oxygens (including phenoxy) is 2. The largest absolute Gasteiger partial charge is 0.487 e. The molecule has 0 aliphatic heterocycles. The molecule has 5 heteroatoms. The molecule has 2 rings (SSSR count). The van der Waals surface area contributed by atoms with Gasteiger partial charge >= 0.3 is 5.97 Å². The molecule has 0 spiro atoms. The molecule has 0 amide bonds. The van der Waals surface area contributed by atoms with Crippen molar-refractivity contribution in [2.24, 2.45) is 0 Å². The highest BCUT2D eigenvalue weighted by Gasteiger charge is 2.10. The molecule has 2 aromatic carbocycles. The van der Waals surface area contributed by atoms with Crippen LogP contribution < -0.4 is 10.5 Å². The van der Waals surface area contributed by atoms with Gasteiger partial charge in [0.05, 0.1) is 18.4 Å². The Morgan fingerprint density at radius 3 is 2.70 bits per heavy atom. The van der Waals surface area contributed by atoms with E-state index in [1.165, 1.54) is 7.11 Å². The second-order valence-electron chi connectivity index (χ2n) is 4.12. The van der Waals surface area contributed by atoms with Gasteiger partial charge in [0.1, 0.15) is 12.4 Å². The summed E-state index contributed by atoms with van der Waals surface area (Å²) in [5.74, 6) is -0.0135. The molecule has 4 nitrogen and oxygen atoms in total. The fourth-order valence-corrected chi connectivity index (χ4v) is 1.87. The Bertz CT molecular complexity index is 628. The lowest BCUT2D eigenvalue weighted by molar-refractivity contribution is 0.0600. The Kier molecular flexibility index (Phi) is 4.48. The van der Waals surface area contributed by atoms with E-state index in [9.17, 15) is 4.79 Å². The minimum absolute atomic E-state index is 0.272. The van der Waals surface area contributed by atoms with Gasteiger partial charge in [-0.25, -0.2) is 4.79 Å². The Hall–Kier alpha value is -2.20. The fraction of sp³-hybridized carbons (Fsp3) is 0.133. The average Bonchev–Trinajstić information content (AvgIpc) is 2.47. The minimum Gasteiger partial charge on any atom is -0.487 e. The van der Waals surface area contributed by atoms with Gasteiger partial charge in [0, 0.05) is 10.6 Å². The van der Waals surface area contributed by atoms with E-state index in [1.807, 2.05) is 18.2 Å². The third kappa shape index (κ3) is 3.22. The summed E-state index contributed by atoms with van der Waals surface area (Å²) in [4.78, 5) is 11.5. The van der Waals surface area contributed by atoms with Gasteiger partial charge in [-0.1, -0.05) is 29.8 Å². The molecule has 0 fully saturated rings. The van der Waals surface area contributed by atoms with Crippen LogP contribution in [0.2, 0.25) is 5.02 Å². The first kappa shape index (κ1) is 14.2. The quantitative estimate of drug-likeness (QED) is 0.693. The molecule has 104 valence electrons. The number of hydrogen-bond donors (Lipinski definition) is 1. The predicted octanol–water partition coefficient (Wildman–Crippen LogP) is 3.29. The van der Waals surface area contributed by atoms with E-state index in [2.05, 4.69) is 4.74 Å². The van der Waals surface area contributed by atoms with Crippen molar-refractivity contribution in [3.05, 3.63) is 58.6 Å². The molecule has 0 radical (unpaired) electrons. The molecule has 0 bridgehead atoms. The molecule has 0 aromatic heterocycles. The summed E-state index contributed by atoms with van der Waals surface area (Å²) in [6.45, 7) is 0.272. The van der Waals surface area contributed by atoms with E-state index < -0.39 is 5.97 Å². The van der Waals surface area contributed by atoms with Crippen LogP contribution in [0.15, 0.2) is 42.5 Å². The molecule has 0 aliphatic carbocycles.